The first-order chi connectivity index (χ1) is 12.6. The zero-order valence-electron chi connectivity index (χ0n) is 14.7. The van der Waals surface area contributed by atoms with Gasteiger partial charge >= 0.3 is 0 Å². The van der Waals surface area contributed by atoms with Gasteiger partial charge in [0.25, 0.3) is 0 Å². The van der Waals surface area contributed by atoms with E-state index >= 15 is 0 Å². The second-order valence-electron chi connectivity index (χ2n) is 6.42. The number of hydrogen-bond acceptors (Lipinski definition) is 2. The minimum Gasteiger partial charge on any atom is -0.295 e. The normalized spacial score (nSPS) is 18.7. The van der Waals surface area contributed by atoms with Crippen LogP contribution in [0.1, 0.15) is 24.5 Å². The number of piperidine rings is 1. The number of halogens is 2. The van der Waals surface area contributed by atoms with Crippen LogP contribution in [0, 0.1) is 11.6 Å². The Morgan fingerprint density at radius 1 is 0.885 bits per heavy atom. The van der Waals surface area contributed by atoms with Crippen LogP contribution in [0.15, 0.2) is 59.7 Å². The molecule has 2 aromatic carbocycles. The van der Waals surface area contributed by atoms with Crippen LogP contribution in [-0.2, 0) is 4.79 Å². The summed E-state index contributed by atoms with van der Waals surface area (Å²) in [6.07, 6.45) is 4.15. The Labute approximate surface area is 152 Å². The summed E-state index contributed by atoms with van der Waals surface area (Å²) in [5.74, 6) is -0.871. The van der Waals surface area contributed by atoms with E-state index in [1.165, 1.54) is 12.1 Å². The summed E-state index contributed by atoms with van der Waals surface area (Å²) < 4.78 is 28.0. The average Bonchev–Trinajstić information content (AvgIpc) is 2.63. The van der Waals surface area contributed by atoms with E-state index in [4.69, 9.17) is 0 Å². The third-order valence-corrected chi connectivity index (χ3v) is 4.38. The van der Waals surface area contributed by atoms with Crippen LogP contribution in [0.25, 0.3) is 12.2 Å². The summed E-state index contributed by atoms with van der Waals surface area (Å²) in [6, 6.07) is 12.8. The molecule has 0 unspecified atom stereocenters. The standard InChI is InChI=1S/C22H21F2NO/c1-2-11-25-14-18(12-16-7-3-5-9-20(16)23)22(26)19(15-25)13-17-8-4-6-10-21(17)24/h3-10,12-13H,2,11,14-15H2,1H3/b18-12-,19-13+. The highest BCUT2D eigenvalue weighted by atomic mass is 19.1. The number of likely N-dealkylation sites (tertiary alicyclic amines) is 1. The molecule has 0 aliphatic carbocycles. The lowest BCUT2D eigenvalue weighted by atomic mass is 9.94. The maximum atomic E-state index is 14.0. The van der Waals surface area contributed by atoms with Crippen molar-refractivity contribution < 1.29 is 13.6 Å². The predicted octanol–water partition coefficient (Wildman–Crippen LogP) is 4.73. The van der Waals surface area contributed by atoms with Gasteiger partial charge in [0.05, 0.1) is 0 Å². The average molecular weight is 353 g/mol. The molecule has 0 atom stereocenters. The molecule has 2 aromatic rings. The van der Waals surface area contributed by atoms with E-state index < -0.39 is 0 Å². The number of nitrogens with zero attached hydrogens (tertiary/aromatic N) is 1. The lowest BCUT2D eigenvalue weighted by Gasteiger charge is -2.29. The Morgan fingerprint density at radius 3 is 1.77 bits per heavy atom. The molecular formula is C22H21F2NO. The molecule has 0 amide bonds. The van der Waals surface area contributed by atoms with Crippen LogP contribution >= 0.6 is 0 Å². The van der Waals surface area contributed by atoms with E-state index in [0.29, 0.717) is 35.4 Å². The topological polar surface area (TPSA) is 20.3 Å². The van der Waals surface area contributed by atoms with E-state index in [2.05, 4.69) is 11.8 Å². The fourth-order valence-electron chi connectivity index (χ4n) is 3.14. The smallest absolute Gasteiger partial charge is 0.187 e. The van der Waals surface area contributed by atoms with Crippen LogP contribution in [0.2, 0.25) is 0 Å². The summed E-state index contributed by atoms with van der Waals surface area (Å²) >= 11 is 0. The number of ketones is 1. The second-order valence-corrected chi connectivity index (χ2v) is 6.42. The maximum absolute atomic E-state index is 14.0. The number of carbonyl (C=O) groups is 1. The van der Waals surface area contributed by atoms with Gasteiger partial charge in [-0.2, -0.15) is 0 Å². The highest BCUT2D eigenvalue weighted by Crippen LogP contribution is 2.23. The molecule has 0 saturated carbocycles. The Morgan fingerprint density at radius 2 is 1.35 bits per heavy atom. The van der Waals surface area contributed by atoms with E-state index in [1.807, 2.05) is 0 Å². The fourth-order valence-corrected chi connectivity index (χ4v) is 3.14. The molecule has 2 nitrogen and oxygen atoms in total. The quantitative estimate of drug-likeness (QED) is 0.741. The van der Waals surface area contributed by atoms with E-state index in [0.717, 1.165) is 13.0 Å². The van der Waals surface area contributed by atoms with Gasteiger partial charge in [0.1, 0.15) is 11.6 Å². The summed E-state index contributed by atoms with van der Waals surface area (Å²) in [4.78, 5) is 15.0. The van der Waals surface area contributed by atoms with Crippen molar-refractivity contribution in [2.75, 3.05) is 19.6 Å². The van der Waals surface area contributed by atoms with Crippen molar-refractivity contribution >= 4 is 17.9 Å². The van der Waals surface area contributed by atoms with E-state index in [-0.39, 0.29) is 17.4 Å². The number of carbonyl (C=O) groups excluding carboxylic acids is 1. The minimum atomic E-state index is -0.361. The Bertz CT molecular complexity index is 802. The molecular weight excluding hydrogens is 332 g/mol. The van der Waals surface area contributed by atoms with Crippen LogP contribution in [-0.4, -0.2) is 30.3 Å². The first-order valence-corrected chi connectivity index (χ1v) is 8.75. The first-order valence-electron chi connectivity index (χ1n) is 8.75. The number of hydrogen-bond donors (Lipinski definition) is 0. The molecule has 26 heavy (non-hydrogen) atoms. The van der Waals surface area contributed by atoms with Crippen molar-refractivity contribution in [2.45, 2.75) is 13.3 Å². The van der Waals surface area contributed by atoms with Crippen molar-refractivity contribution in [2.24, 2.45) is 0 Å². The van der Waals surface area contributed by atoms with Crippen LogP contribution < -0.4 is 0 Å². The molecule has 1 saturated heterocycles. The van der Waals surface area contributed by atoms with Crippen molar-refractivity contribution in [1.29, 1.82) is 0 Å². The maximum Gasteiger partial charge on any atom is 0.187 e. The SMILES string of the molecule is CCCN1C/C(=C/c2ccccc2F)C(=O)/C(=C/c2ccccc2F)C1. The molecule has 4 heteroatoms. The first kappa shape index (κ1) is 18.2. The predicted molar refractivity (Wildman–Crippen MR) is 100 cm³/mol. The molecule has 0 bridgehead atoms. The van der Waals surface area contributed by atoms with E-state index in [1.54, 1.807) is 48.6 Å². The molecule has 0 radical (unpaired) electrons. The highest BCUT2D eigenvalue weighted by molar-refractivity contribution is 6.14. The number of benzene rings is 2. The molecule has 0 spiro atoms. The zero-order valence-corrected chi connectivity index (χ0v) is 14.7. The number of Topliss-reactive ketones (excluding diaryl/α,β-unsaturated/α-hetero) is 1. The van der Waals surface area contributed by atoms with Gasteiger partial charge in [0.2, 0.25) is 0 Å². The van der Waals surface area contributed by atoms with Crippen LogP contribution in [0.3, 0.4) is 0 Å². The van der Waals surface area contributed by atoms with Gasteiger partial charge in [-0.1, -0.05) is 43.3 Å². The van der Waals surface area contributed by atoms with Crippen LogP contribution in [0.5, 0.6) is 0 Å². The Hall–Kier alpha value is -2.59. The lowest BCUT2D eigenvalue weighted by molar-refractivity contribution is -0.113. The molecule has 134 valence electrons. The van der Waals surface area contributed by atoms with Crippen molar-refractivity contribution in [3.05, 3.63) is 82.4 Å². The molecule has 1 aliphatic heterocycles. The fraction of sp³-hybridized carbons (Fsp3) is 0.227. The molecule has 1 fully saturated rings. The summed E-state index contributed by atoms with van der Waals surface area (Å²) in [6.45, 7) is 3.82. The third kappa shape index (κ3) is 4.14. The van der Waals surface area contributed by atoms with Crippen molar-refractivity contribution in [3.8, 4) is 0 Å². The third-order valence-electron chi connectivity index (χ3n) is 4.38. The van der Waals surface area contributed by atoms with Gasteiger partial charge in [-0.3, -0.25) is 9.69 Å². The summed E-state index contributed by atoms with van der Waals surface area (Å²) in [7, 11) is 0. The van der Waals surface area contributed by atoms with Crippen molar-refractivity contribution in [3.63, 3.8) is 0 Å². The van der Waals surface area contributed by atoms with Crippen LogP contribution in [0.4, 0.5) is 8.78 Å². The van der Waals surface area contributed by atoms with Gasteiger partial charge in [-0.05, 0) is 37.3 Å². The molecule has 1 aliphatic rings. The molecule has 1 heterocycles. The summed E-state index contributed by atoms with van der Waals surface area (Å²) in [5, 5.41) is 0. The van der Waals surface area contributed by atoms with E-state index in [9.17, 15) is 13.6 Å². The molecule has 0 aromatic heterocycles. The molecule has 3 rings (SSSR count). The van der Waals surface area contributed by atoms with Gasteiger partial charge in [-0.15, -0.1) is 0 Å². The second kappa shape index (κ2) is 8.19. The zero-order chi connectivity index (χ0) is 18.5. The van der Waals surface area contributed by atoms with Gasteiger partial charge in [0.15, 0.2) is 5.78 Å². The molecule has 0 N–H and O–H groups in total. The highest BCUT2D eigenvalue weighted by Gasteiger charge is 2.26. The lowest BCUT2D eigenvalue weighted by Crippen LogP contribution is -2.38. The Balaban J connectivity index is 1.99. The minimum absolute atomic E-state index is 0.149. The van der Waals surface area contributed by atoms with Gasteiger partial charge in [-0.25, -0.2) is 8.78 Å². The monoisotopic (exact) mass is 353 g/mol. The largest absolute Gasteiger partial charge is 0.295 e. The number of rotatable bonds is 4. The van der Waals surface area contributed by atoms with Gasteiger partial charge < -0.3 is 0 Å². The summed E-state index contributed by atoms with van der Waals surface area (Å²) in [5.41, 5.74) is 1.83. The van der Waals surface area contributed by atoms with Gasteiger partial charge in [0, 0.05) is 35.4 Å². The Kier molecular flexibility index (Phi) is 5.74. The van der Waals surface area contributed by atoms with Crippen molar-refractivity contribution in [1.82, 2.24) is 4.90 Å².